The zero-order chi connectivity index (χ0) is 15.8. The Bertz CT molecular complexity index is 460. The summed E-state index contributed by atoms with van der Waals surface area (Å²) in [6.45, 7) is 4.27. The van der Waals surface area contributed by atoms with Crippen LogP contribution in [0.15, 0.2) is 30.3 Å². The Morgan fingerprint density at radius 2 is 1.81 bits per heavy atom. The summed E-state index contributed by atoms with van der Waals surface area (Å²) in [6, 6.07) is 9.77. The minimum absolute atomic E-state index is 0.103. The van der Waals surface area contributed by atoms with Gasteiger partial charge in [0.15, 0.2) is 0 Å². The predicted molar refractivity (Wildman–Crippen MR) is 81.4 cm³/mol. The van der Waals surface area contributed by atoms with Gasteiger partial charge >= 0.3 is 0 Å². The van der Waals surface area contributed by atoms with Crippen LogP contribution in [0.25, 0.3) is 0 Å². The highest BCUT2D eigenvalue weighted by Crippen LogP contribution is 2.08. The molecule has 0 fully saturated rings. The van der Waals surface area contributed by atoms with Gasteiger partial charge in [0.05, 0.1) is 0 Å². The number of hydrogen-bond donors (Lipinski definition) is 2. The molecule has 0 heterocycles. The van der Waals surface area contributed by atoms with Crippen molar-refractivity contribution in [2.24, 2.45) is 11.7 Å². The first kappa shape index (κ1) is 17.2. The molecule has 0 spiro atoms. The lowest BCUT2D eigenvalue weighted by atomic mass is 10.1. The molecule has 1 rings (SSSR count). The first-order chi connectivity index (χ1) is 9.91. The third-order valence-corrected chi connectivity index (χ3v) is 3.34. The molecule has 21 heavy (non-hydrogen) atoms. The fourth-order valence-corrected chi connectivity index (χ4v) is 1.96. The van der Waals surface area contributed by atoms with E-state index in [0.29, 0.717) is 13.0 Å². The molecule has 1 aromatic rings. The largest absolute Gasteiger partial charge is 0.383 e. The van der Waals surface area contributed by atoms with E-state index in [9.17, 15) is 14.7 Å². The van der Waals surface area contributed by atoms with Gasteiger partial charge in [0.25, 0.3) is 5.91 Å². The molecule has 0 saturated heterocycles. The van der Waals surface area contributed by atoms with Gasteiger partial charge in [-0.1, -0.05) is 44.2 Å². The van der Waals surface area contributed by atoms with Crippen molar-refractivity contribution in [2.75, 3.05) is 13.1 Å². The van der Waals surface area contributed by atoms with Crippen molar-refractivity contribution in [3.63, 3.8) is 0 Å². The second-order valence-corrected chi connectivity index (χ2v) is 5.47. The number of carbonyl (C=O) groups excluding carboxylic acids is 2. The molecule has 0 aliphatic rings. The van der Waals surface area contributed by atoms with E-state index in [4.69, 9.17) is 5.73 Å². The fourth-order valence-electron chi connectivity index (χ4n) is 1.96. The van der Waals surface area contributed by atoms with Crippen LogP contribution >= 0.6 is 0 Å². The second-order valence-electron chi connectivity index (χ2n) is 5.47. The minimum atomic E-state index is -1.05. The third kappa shape index (κ3) is 5.95. The molecule has 0 aliphatic heterocycles. The molecule has 3 N–H and O–H groups in total. The fraction of sp³-hybridized carbons (Fsp3) is 0.500. The first-order valence-corrected chi connectivity index (χ1v) is 7.21. The maximum atomic E-state index is 12.2. The summed E-state index contributed by atoms with van der Waals surface area (Å²) < 4.78 is 0. The van der Waals surface area contributed by atoms with Crippen LogP contribution in [0.1, 0.15) is 25.8 Å². The molecule has 1 atom stereocenters. The number of nitrogens with zero attached hydrogens (tertiary/aromatic N) is 1. The highest BCUT2D eigenvalue weighted by Gasteiger charge is 2.24. The predicted octanol–water partition coefficient (Wildman–Crippen LogP) is 0.950. The van der Waals surface area contributed by atoms with Crippen LogP contribution < -0.4 is 5.73 Å². The smallest absolute Gasteiger partial charge is 0.251 e. The summed E-state index contributed by atoms with van der Waals surface area (Å²) in [6.07, 6.45) is -0.268. The number of aliphatic hydroxyl groups is 1. The molecule has 1 aromatic carbocycles. The number of primary amides is 1. The average Bonchev–Trinajstić information content (AvgIpc) is 2.46. The van der Waals surface area contributed by atoms with Crippen molar-refractivity contribution < 1.29 is 14.7 Å². The highest BCUT2D eigenvalue weighted by molar-refractivity contribution is 5.82. The third-order valence-electron chi connectivity index (χ3n) is 3.34. The van der Waals surface area contributed by atoms with E-state index in [1.165, 1.54) is 4.90 Å². The second kappa shape index (κ2) is 8.42. The van der Waals surface area contributed by atoms with Crippen molar-refractivity contribution in [1.82, 2.24) is 4.90 Å². The number of carbonyl (C=O) groups is 2. The number of amides is 2. The molecular formula is C16H24N2O3. The van der Waals surface area contributed by atoms with Crippen LogP contribution in [0.3, 0.4) is 0 Å². The number of benzene rings is 1. The van der Waals surface area contributed by atoms with Crippen LogP contribution in [-0.2, 0) is 16.0 Å². The molecule has 116 valence electrons. The number of aliphatic hydroxyl groups excluding tert-OH is 1. The van der Waals surface area contributed by atoms with E-state index in [1.54, 1.807) is 13.8 Å². The van der Waals surface area contributed by atoms with Crippen LogP contribution in [-0.4, -0.2) is 41.0 Å². The Kier molecular flexibility index (Phi) is 6.88. The summed E-state index contributed by atoms with van der Waals surface area (Å²) >= 11 is 0. The molecule has 0 aliphatic carbocycles. The van der Waals surface area contributed by atoms with Crippen LogP contribution in [0, 0.1) is 5.92 Å². The van der Waals surface area contributed by atoms with Gasteiger partial charge in [-0.3, -0.25) is 9.59 Å². The van der Waals surface area contributed by atoms with E-state index in [2.05, 4.69) is 0 Å². The van der Waals surface area contributed by atoms with Crippen LogP contribution in [0.4, 0.5) is 0 Å². The quantitative estimate of drug-likeness (QED) is 0.748. The van der Waals surface area contributed by atoms with Gasteiger partial charge in [0.1, 0.15) is 6.10 Å². The van der Waals surface area contributed by atoms with E-state index in [-0.39, 0.29) is 24.8 Å². The maximum absolute atomic E-state index is 12.2. The molecule has 0 saturated carbocycles. The molecule has 5 heteroatoms. The lowest BCUT2D eigenvalue weighted by Crippen LogP contribution is -2.43. The van der Waals surface area contributed by atoms with Crippen molar-refractivity contribution in [1.29, 1.82) is 0 Å². The van der Waals surface area contributed by atoms with E-state index >= 15 is 0 Å². The molecule has 0 bridgehead atoms. The Balaban J connectivity index is 2.67. The Hall–Kier alpha value is -1.88. The van der Waals surface area contributed by atoms with Crippen LogP contribution in [0.2, 0.25) is 0 Å². The van der Waals surface area contributed by atoms with Crippen molar-refractivity contribution in [2.45, 2.75) is 32.8 Å². The monoisotopic (exact) mass is 292 g/mol. The number of hydrogen-bond acceptors (Lipinski definition) is 3. The molecule has 0 radical (unpaired) electrons. The molecular weight excluding hydrogens is 268 g/mol. The lowest BCUT2D eigenvalue weighted by Gasteiger charge is -2.26. The zero-order valence-corrected chi connectivity index (χ0v) is 12.7. The zero-order valence-electron chi connectivity index (χ0n) is 12.7. The number of nitrogens with two attached hydrogens (primary N) is 1. The molecule has 5 nitrogen and oxygen atoms in total. The summed E-state index contributed by atoms with van der Waals surface area (Å²) in [4.78, 5) is 24.7. The standard InChI is InChI=1S/C16H24N2O3/c1-12(2)15(20)16(21)18(11-9-14(17)19)10-8-13-6-4-3-5-7-13/h3-7,12,15,20H,8-11H2,1-2H3,(H2,17,19). The summed E-state index contributed by atoms with van der Waals surface area (Å²) in [7, 11) is 0. The SMILES string of the molecule is CC(C)C(O)C(=O)N(CCC(N)=O)CCc1ccccc1. The van der Waals surface area contributed by atoms with Crippen molar-refractivity contribution in [3.8, 4) is 0 Å². The Labute approximate surface area is 125 Å². The van der Waals surface area contributed by atoms with Crippen LogP contribution in [0.5, 0.6) is 0 Å². The van der Waals surface area contributed by atoms with E-state index in [1.807, 2.05) is 30.3 Å². The van der Waals surface area contributed by atoms with Crippen molar-refractivity contribution >= 4 is 11.8 Å². The van der Waals surface area contributed by atoms with Gasteiger partial charge in [0, 0.05) is 19.5 Å². The maximum Gasteiger partial charge on any atom is 0.251 e. The van der Waals surface area contributed by atoms with Gasteiger partial charge < -0.3 is 15.7 Å². The molecule has 0 aromatic heterocycles. The van der Waals surface area contributed by atoms with Gasteiger partial charge in [-0.05, 0) is 17.9 Å². The van der Waals surface area contributed by atoms with E-state index < -0.39 is 12.0 Å². The summed E-state index contributed by atoms with van der Waals surface area (Å²) in [5.41, 5.74) is 6.25. The van der Waals surface area contributed by atoms with E-state index in [0.717, 1.165) is 5.56 Å². The van der Waals surface area contributed by atoms with Gasteiger partial charge in [0.2, 0.25) is 5.91 Å². The summed E-state index contributed by atoms with van der Waals surface area (Å²) in [5, 5.41) is 9.92. The van der Waals surface area contributed by atoms with Gasteiger partial charge in [-0.2, -0.15) is 0 Å². The average molecular weight is 292 g/mol. The van der Waals surface area contributed by atoms with Gasteiger partial charge in [-0.15, -0.1) is 0 Å². The highest BCUT2D eigenvalue weighted by atomic mass is 16.3. The first-order valence-electron chi connectivity index (χ1n) is 7.21. The van der Waals surface area contributed by atoms with Crippen molar-refractivity contribution in [3.05, 3.63) is 35.9 Å². The number of rotatable bonds is 8. The molecule has 1 unspecified atom stereocenters. The Morgan fingerprint density at radius 1 is 1.19 bits per heavy atom. The lowest BCUT2D eigenvalue weighted by molar-refractivity contribution is -0.142. The minimum Gasteiger partial charge on any atom is -0.383 e. The normalized spacial score (nSPS) is 12.2. The topological polar surface area (TPSA) is 83.6 Å². The Morgan fingerprint density at radius 3 is 2.33 bits per heavy atom. The summed E-state index contributed by atoms with van der Waals surface area (Å²) in [5.74, 6) is -0.959. The molecule has 2 amide bonds. The van der Waals surface area contributed by atoms with Gasteiger partial charge in [-0.25, -0.2) is 0 Å².